The van der Waals surface area contributed by atoms with E-state index in [1.54, 1.807) is 0 Å². The molecule has 5 heteroatoms. The fourth-order valence-corrected chi connectivity index (χ4v) is 0.516. The SMILES string of the molecule is CC(C)CCO.CC(C)CCO.O.O.[Zr]. The molecule has 0 saturated heterocycles. The smallest absolute Gasteiger partial charge is 0.0433 e. The van der Waals surface area contributed by atoms with E-state index in [0.717, 1.165) is 12.8 Å². The van der Waals surface area contributed by atoms with Crippen molar-refractivity contribution in [3.8, 4) is 0 Å². The van der Waals surface area contributed by atoms with Crippen molar-refractivity contribution in [1.29, 1.82) is 0 Å². The minimum Gasteiger partial charge on any atom is -0.412 e. The molecule has 0 aliphatic heterocycles. The second-order valence-corrected chi connectivity index (χ2v) is 3.81. The Kier molecular flexibility index (Phi) is 47.7. The summed E-state index contributed by atoms with van der Waals surface area (Å²) in [5, 5.41) is 16.5. The molecule has 0 unspecified atom stereocenters. The topological polar surface area (TPSA) is 103 Å². The van der Waals surface area contributed by atoms with Crippen molar-refractivity contribution in [2.24, 2.45) is 11.8 Å². The Morgan fingerprint density at radius 2 is 0.933 bits per heavy atom. The van der Waals surface area contributed by atoms with Crippen LogP contribution < -0.4 is 0 Å². The van der Waals surface area contributed by atoms with E-state index in [9.17, 15) is 0 Å². The second-order valence-electron chi connectivity index (χ2n) is 3.81. The minimum absolute atomic E-state index is 0. The van der Waals surface area contributed by atoms with E-state index < -0.39 is 0 Å². The van der Waals surface area contributed by atoms with Crippen LogP contribution in [0.5, 0.6) is 0 Å². The third-order valence-corrected chi connectivity index (χ3v) is 1.41. The summed E-state index contributed by atoms with van der Waals surface area (Å²) in [5.74, 6) is 1.30. The number of rotatable bonds is 4. The zero-order chi connectivity index (χ0) is 9.98. The van der Waals surface area contributed by atoms with Gasteiger partial charge in [-0.1, -0.05) is 27.7 Å². The summed E-state index contributed by atoms with van der Waals surface area (Å²) in [6.45, 7) is 9.04. The van der Waals surface area contributed by atoms with Crippen LogP contribution in [0.25, 0.3) is 0 Å². The Bertz CT molecular complexity index is 69.8. The van der Waals surface area contributed by atoms with Gasteiger partial charge in [-0.15, -0.1) is 0 Å². The number of aliphatic hydroxyl groups excluding tert-OH is 2. The first-order valence-electron chi connectivity index (χ1n) is 4.76. The minimum atomic E-state index is 0. The summed E-state index contributed by atoms with van der Waals surface area (Å²) in [4.78, 5) is 0. The normalized spacial score (nSPS) is 8.00. The van der Waals surface area contributed by atoms with Gasteiger partial charge in [0, 0.05) is 39.4 Å². The van der Waals surface area contributed by atoms with Gasteiger partial charge < -0.3 is 21.2 Å². The Balaban J connectivity index is -0.0000000370. The van der Waals surface area contributed by atoms with E-state index in [4.69, 9.17) is 10.2 Å². The predicted molar refractivity (Wildman–Crippen MR) is 60.3 cm³/mol. The molecule has 0 aliphatic rings. The maximum atomic E-state index is 8.24. The van der Waals surface area contributed by atoms with Gasteiger partial charge in [-0.2, -0.15) is 0 Å². The van der Waals surface area contributed by atoms with Crippen molar-refractivity contribution in [1.82, 2.24) is 0 Å². The van der Waals surface area contributed by atoms with Gasteiger partial charge >= 0.3 is 0 Å². The summed E-state index contributed by atoms with van der Waals surface area (Å²) in [5.41, 5.74) is 0. The summed E-state index contributed by atoms with van der Waals surface area (Å²) in [6.07, 6.45) is 1.86. The Hall–Kier alpha value is 0.723. The molecule has 0 aromatic heterocycles. The van der Waals surface area contributed by atoms with Gasteiger partial charge in [-0.25, -0.2) is 0 Å². The summed E-state index contributed by atoms with van der Waals surface area (Å²) >= 11 is 0. The fraction of sp³-hybridized carbons (Fsp3) is 1.00. The van der Waals surface area contributed by atoms with Crippen LogP contribution in [-0.2, 0) is 26.2 Å². The van der Waals surface area contributed by atoms with Gasteiger partial charge in [0.05, 0.1) is 0 Å². The molecule has 6 N–H and O–H groups in total. The zero-order valence-electron chi connectivity index (χ0n) is 10.4. The molecule has 0 radical (unpaired) electrons. The first kappa shape index (κ1) is 29.6. The zero-order valence-corrected chi connectivity index (χ0v) is 12.8. The molecule has 0 amide bonds. The second kappa shape index (κ2) is 24.1. The average molecular weight is 304 g/mol. The Morgan fingerprint density at radius 1 is 0.733 bits per heavy atom. The van der Waals surface area contributed by atoms with Crippen molar-refractivity contribution in [3.05, 3.63) is 0 Å². The van der Waals surface area contributed by atoms with Crippen LogP contribution in [0.2, 0.25) is 0 Å². The van der Waals surface area contributed by atoms with Crippen molar-refractivity contribution >= 4 is 0 Å². The molecule has 0 rings (SSSR count). The predicted octanol–water partition coefficient (Wildman–Crippen LogP) is 0.398. The molecule has 0 saturated carbocycles. The van der Waals surface area contributed by atoms with E-state index in [2.05, 4.69) is 27.7 Å². The molecular weight excluding hydrogens is 275 g/mol. The number of hydrogen-bond acceptors (Lipinski definition) is 2. The average Bonchev–Trinajstić information content (AvgIpc) is 1.87. The molecule has 96 valence electrons. The monoisotopic (exact) mass is 302 g/mol. The molecule has 0 aromatic carbocycles. The molecule has 0 fully saturated rings. The van der Waals surface area contributed by atoms with Crippen molar-refractivity contribution in [3.63, 3.8) is 0 Å². The van der Waals surface area contributed by atoms with Crippen molar-refractivity contribution in [2.45, 2.75) is 40.5 Å². The van der Waals surface area contributed by atoms with E-state index in [1.165, 1.54) is 0 Å². The van der Waals surface area contributed by atoms with Gasteiger partial charge in [0.15, 0.2) is 0 Å². The van der Waals surface area contributed by atoms with Crippen LogP contribution in [0.1, 0.15) is 40.5 Å². The largest absolute Gasteiger partial charge is 0.412 e. The molecule has 15 heavy (non-hydrogen) atoms. The molecule has 0 bridgehead atoms. The summed E-state index contributed by atoms with van der Waals surface area (Å²) < 4.78 is 0. The van der Waals surface area contributed by atoms with Crippen LogP contribution >= 0.6 is 0 Å². The standard InChI is InChI=1S/2C5H12O.2H2O.Zr/c2*1-5(2)3-4-6;;;/h2*5-6H,3-4H2,1-2H3;2*1H2;. The summed E-state index contributed by atoms with van der Waals surface area (Å²) in [7, 11) is 0. The molecule has 0 spiro atoms. The van der Waals surface area contributed by atoms with Crippen LogP contribution in [0.15, 0.2) is 0 Å². The number of aliphatic hydroxyl groups is 2. The van der Waals surface area contributed by atoms with E-state index in [-0.39, 0.29) is 37.2 Å². The molecular formula is C10H28O4Zr. The van der Waals surface area contributed by atoms with Gasteiger partial charge in [0.2, 0.25) is 0 Å². The first-order chi connectivity index (χ1) is 5.54. The van der Waals surface area contributed by atoms with Gasteiger partial charge in [0.25, 0.3) is 0 Å². The molecule has 0 aromatic rings. The molecule has 0 aliphatic carbocycles. The van der Waals surface area contributed by atoms with E-state index >= 15 is 0 Å². The van der Waals surface area contributed by atoms with Crippen LogP contribution in [0, 0.1) is 11.8 Å². The van der Waals surface area contributed by atoms with Crippen LogP contribution in [-0.4, -0.2) is 34.4 Å². The van der Waals surface area contributed by atoms with Crippen molar-refractivity contribution < 1.29 is 47.4 Å². The summed E-state index contributed by atoms with van der Waals surface area (Å²) in [6, 6.07) is 0. The third-order valence-electron chi connectivity index (χ3n) is 1.41. The van der Waals surface area contributed by atoms with E-state index in [1.807, 2.05) is 0 Å². The Labute approximate surface area is 113 Å². The molecule has 0 atom stereocenters. The van der Waals surface area contributed by atoms with E-state index in [0.29, 0.717) is 25.0 Å². The number of hydrogen-bond donors (Lipinski definition) is 2. The van der Waals surface area contributed by atoms with Gasteiger partial charge in [0.1, 0.15) is 0 Å². The van der Waals surface area contributed by atoms with Crippen LogP contribution in [0.3, 0.4) is 0 Å². The fourth-order valence-electron chi connectivity index (χ4n) is 0.516. The maximum absolute atomic E-state index is 8.24. The van der Waals surface area contributed by atoms with Gasteiger partial charge in [-0.05, 0) is 24.7 Å². The quantitative estimate of drug-likeness (QED) is 0.785. The Morgan fingerprint density at radius 3 is 0.933 bits per heavy atom. The maximum Gasteiger partial charge on any atom is 0.0433 e. The van der Waals surface area contributed by atoms with Crippen LogP contribution in [0.4, 0.5) is 0 Å². The van der Waals surface area contributed by atoms with Crippen molar-refractivity contribution in [2.75, 3.05) is 13.2 Å². The first-order valence-corrected chi connectivity index (χ1v) is 4.76. The molecule has 0 heterocycles. The van der Waals surface area contributed by atoms with Gasteiger partial charge in [-0.3, -0.25) is 0 Å². The molecule has 4 nitrogen and oxygen atoms in total. The third kappa shape index (κ3) is 52.7.